The van der Waals surface area contributed by atoms with Crippen molar-refractivity contribution in [1.29, 1.82) is 0 Å². The highest BCUT2D eigenvalue weighted by molar-refractivity contribution is 7.99. The fourth-order valence-corrected chi connectivity index (χ4v) is 3.39. The number of carbonyl (C=O) groups is 2. The second-order valence-electron chi connectivity index (χ2n) is 5.67. The highest BCUT2D eigenvalue weighted by Crippen LogP contribution is 2.24. The summed E-state index contributed by atoms with van der Waals surface area (Å²) in [6, 6.07) is 10.5. The second-order valence-corrected chi connectivity index (χ2v) is 6.61. The number of carbonyl (C=O) groups excluding carboxylic acids is 2. The van der Waals surface area contributed by atoms with Crippen LogP contribution in [0.1, 0.15) is 17.3 Å². The van der Waals surface area contributed by atoms with E-state index in [4.69, 9.17) is 4.74 Å². The van der Waals surface area contributed by atoms with Crippen LogP contribution in [0.5, 0.6) is 0 Å². The molecule has 0 radical (unpaired) electrons. The average molecular weight is 397 g/mol. The van der Waals surface area contributed by atoms with Crippen molar-refractivity contribution in [1.82, 2.24) is 19.7 Å². The molecule has 0 atom stereocenters. The van der Waals surface area contributed by atoms with Crippen LogP contribution in [0.2, 0.25) is 0 Å². The molecule has 0 spiro atoms. The number of para-hydroxylation sites is 1. The first-order chi connectivity index (χ1) is 13.6. The number of aromatic nitrogens is 4. The largest absolute Gasteiger partial charge is 0.465 e. The highest BCUT2D eigenvalue weighted by atomic mass is 32.2. The number of benzene rings is 1. The molecule has 0 saturated heterocycles. The standard InChI is InChI=1S/C19H19N5O3S/c1-3-24-17(13-7-6-10-20-11-13)22-23-19(24)28-12-16(25)21-15-9-5-4-8-14(15)18(26)27-2/h4-11H,3,12H2,1-2H3,(H,21,25). The molecule has 0 saturated carbocycles. The molecule has 2 heterocycles. The number of methoxy groups -OCH3 is 1. The molecule has 28 heavy (non-hydrogen) atoms. The van der Waals surface area contributed by atoms with Gasteiger partial charge in [-0.05, 0) is 31.2 Å². The predicted molar refractivity (Wildman–Crippen MR) is 106 cm³/mol. The van der Waals surface area contributed by atoms with Gasteiger partial charge in [0.2, 0.25) is 5.91 Å². The van der Waals surface area contributed by atoms with Crippen molar-refractivity contribution in [3.8, 4) is 11.4 Å². The molecule has 0 aliphatic rings. The number of ether oxygens (including phenoxy) is 1. The molecule has 8 nitrogen and oxygen atoms in total. The van der Waals surface area contributed by atoms with E-state index in [1.54, 1.807) is 36.7 Å². The number of esters is 1. The molecule has 3 rings (SSSR count). The maximum absolute atomic E-state index is 12.4. The van der Waals surface area contributed by atoms with Gasteiger partial charge in [-0.25, -0.2) is 4.79 Å². The number of hydrogen-bond donors (Lipinski definition) is 1. The normalized spacial score (nSPS) is 10.5. The van der Waals surface area contributed by atoms with Gasteiger partial charge in [-0.1, -0.05) is 23.9 Å². The van der Waals surface area contributed by atoms with E-state index in [2.05, 4.69) is 20.5 Å². The van der Waals surface area contributed by atoms with Crippen molar-refractivity contribution >= 4 is 29.3 Å². The van der Waals surface area contributed by atoms with Crippen LogP contribution >= 0.6 is 11.8 Å². The van der Waals surface area contributed by atoms with Crippen LogP contribution < -0.4 is 5.32 Å². The monoisotopic (exact) mass is 397 g/mol. The van der Waals surface area contributed by atoms with Gasteiger partial charge in [-0.15, -0.1) is 10.2 Å². The molecule has 2 aromatic heterocycles. The number of nitrogens with zero attached hydrogens (tertiary/aromatic N) is 4. The van der Waals surface area contributed by atoms with Crippen molar-refractivity contribution in [2.45, 2.75) is 18.6 Å². The van der Waals surface area contributed by atoms with E-state index in [-0.39, 0.29) is 11.7 Å². The van der Waals surface area contributed by atoms with Gasteiger partial charge in [0.05, 0.1) is 24.1 Å². The van der Waals surface area contributed by atoms with Crippen LogP contribution in [0.25, 0.3) is 11.4 Å². The van der Waals surface area contributed by atoms with E-state index < -0.39 is 5.97 Å². The minimum atomic E-state index is -0.504. The summed E-state index contributed by atoms with van der Waals surface area (Å²) in [5, 5.41) is 11.8. The average Bonchev–Trinajstić information content (AvgIpc) is 3.15. The summed E-state index contributed by atoms with van der Waals surface area (Å²) >= 11 is 1.28. The van der Waals surface area contributed by atoms with Gasteiger partial charge < -0.3 is 14.6 Å². The Hall–Kier alpha value is -3.20. The van der Waals surface area contributed by atoms with Gasteiger partial charge in [0.15, 0.2) is 11.0 Å². The lowest BCUT2D eigenvalue weighted by molar-refractivity contribution is -0.113. The van der Waals surface area contributed by atoms with E-state index >= 15 is 0 Å². The van der Waals surface area contributed by atoms with Gasteiger partial charge in [0.1, 0.15) is 0 Å². The van der Waals surface area contributed by atoms with Crippen LogP contribution in [0, 0.1) is 0 Å². The maximum atomic E-state index is 12.4. The van der Waals surface area contributed by atoms with E-state index in [1.165, 1.54) is 18.9 Å². The Morgan fingerprint density at radius 2 is 2.00 bits per heavy atom. The number of anilines is 1. The first-order valence-corrected chi connectivity index (χ1v) is 9.56. The van der Waals surface area contributed by atoms with Crippen LogP contribution in [-0.4, -0.2) is 44.5 Å². The first kappa shape index (κ1) is 19.6. The zero-order valence-corrected chi connectivity index (χ0v) is 16.3. The lowest BCUT2D eigenvalue weighted by Crippen LogP contribution is -2.17. The molecule has 0 fully saturated rings. The van der Waals surface area contributed by atoms with Gasteiger partial charge in [-0.2, -0.15) is 0 Å². The molecule has 3 aromatic rings. The summed E-state index contributed by atoms with van der Waals surface area (Å²) in [6.45, 7) is 2.65. The fraction of sp³-hybridized carbons (Fsp3) is 0.211. The summed E-state index contributed by atoms with van der Waals surface area (Å²) in [5.41, 5.74) is 1.58. The number of amides is 1. The molecule has 0 unspecified atom stereocenters. The van der Waals surface area contributed by atoms with E-state index in [0.717, 1.165) is 5.56 Å². The number of thioether (sulfide) groups is 1. The van der Waals surface area contributed by atoms with Crippen LogP contribution in [0.3, 0.4) is 0 Å². The minimum absolute atomic E-state index is 0.126. The summed E-state index contributed by atoms with van der Waals surface area (Å²) in [7, 11) is 1.30. The van der Waals surface area contributed by atoms with Crippen molar-refractivity contribution in [2.75, 3.05) is 18.2 Å². The fourth-order valence-electron chi connectivity index (χ4n) is 2.59. The van der Waals surface area contributed by atoms with Crippen molar-refractivity contribution in [3.05, 3.63) is 54.4 Å². The molecule has 144 valence electrons. The molecule has 1 N–H and O–H groups in total. The predicted octanol–water partition coefficient (Wildman–Crippen LogP) is 2.88. The van der Waals surface area contributed by atoms with Crippen molar-refractivity contribution in [3.63, 3.8) is 0 Å². The zero-order chi connectivity index (χ0) is 19.9. The zero-order valence-electron chi connectivity index (χ0n) is 15.5. The Morgan fingerprint density at radius 1 is 1.18 bits per heavy atom. The van der Waals surface area contributed by atoms with Crippen LogP contribution in [-0.2, 0) is 16.1 Å². The third-order valence-electron chi connectivity index (χ3n) is 3.89. The molecule has 0 bridgehead atoms. The van der Waals surface area contributed by atoms with Crippen molar-refractivity contribution < 1.29 is 14.3 Å². The van der Waals surface area contributed by atoms with E-state index in [9.17, 15) is 9.59 Å². The Bertz CT molecular complexity index is 975. The van der Waals surface area contributed by atoms with Crippen molar-refractivity contribution in [2.24, 2.45) is 0 Å². The smallest absolute Gasteiger partial charge is 0.339 e. The lowest BCUT2D eigenvalue weighted by Gasteiger charge is -2.10. The minimum Gasteiger partial charge on any atom is -0.465 e. The lowest BCUT2D eigenvalue weighted by atomic mass is 10.2. The van der Waals surface area contributed by atoms with E-state index in [1.807, 2.05) is 23.6 Å². The SMILES string of the molecule is CCn1c(SCC(=O)Nc2ccccc2C(=O)OC)nnc1-c1cccnc1. The molecule has 9 heteroatoms. The van der Waals surface area contributed by atoms with Gasteiger partial charge in [0, 0.05) is 24.5 Å². The third-order valence-corrected chi connectivity index (χ3v) is 4.86. The highest BCUT2D eigenvalue weighted by Gasteiger charge is 2.16. The number of hydrogen-bond acceptors (Lipinski definition) is 7. The Morgan fingerprint density at radius 3 is 2.71 bits per heavy atom. The Balaban J connectivity index is 1.69. The molecular weight excluding hydrogens is 378 g/mol. The van der Waals surface area contributed by atoms with Gasteiger partial charge in [0.25, 0.3) is 0 Å². The Labute approximate surface area is 166 Å². The number of nitrogens with one attached hydrogen (secondary N) is 1. The quantitative estimate of drug-likeness (QED) is 0.483. The second kappa shape index (κ2) is 9.14. The van der Waals surface area contributed by atoms with Crippen LogP contribution in [0.4, 0.5) is 5.69 Å². The summed E-state index contributed by atoms with van der Waals surface area (Å²) < 4.78 is 6.67. The van der Waals surface area contributed by atoms with Crippen LogP contribution in [0.15, 0.2) is 53.9 Å². The molecule has 0 aliphatic carbocycles. The molecule has 1 aromatic carbocycles. The number of pyridine rings is 1. The molecule has 1 amide bonds. The summed E-state index contributed by atoms with van der Waals surface area (Å²) in [4.78, 5) is 28.3. The maximum Gasteiger partial charge on any atom is 0.339 e. The summed E-state index contributed by atoms with van der Waals surface area (Å²) in [5.74, 6) is 0.0700. The summed E-state index contributed by atoms with van der Waals surface area (Å²) in [6.07, 6.45) is 3.42. The first-order valence-electron chi connectivity index (χ1n) is 8.57. The topological polar surface area (TPSA) is 99.0 Å². The van der Waals surface area contributed by atoms with E-state index in [0.29, 0.717) is 28.8 Å². The number of rotatable bonds is 7. The molecular formula is C19H19N5O3S. The van der Waals surface area contributed by atoms with Gasteiger partial charge in [-0.3, -0.25) is 9.78 Å². The molecule has 0 aliphatic heterocycles. The third kappa shape index (κ3) is 4.37. The Kier molecular flexibility index (Phi) is 6.38. The van der Waals surface area contributed by atoms with Gasteiger partial charge >= 0.3 is 5.97 Å².